The number of carboxylic acid groups (broad SMARTS) is 1. The number of aryl methyl sites for hydroxylation is 2. The van der Waals surface area contributed by atoms with E-state index in [0.717, 1.165) is 11.1 Å². The Kier molecular flexibility index (Phi) is 4.66. The van der Waals surface area contributed by atoms with E-state index in [1.807, 2.05) is 12.1 Å². The molecule has 21 heavy (non-hydrogen) atoms. The topological polar surface area (TPSA) is 79.3 Å². The minimum absolute atomic E-state index is 0.102. The van der Waals surface area contributed by atoms with E-state index in [-0.39, 0.29) is 17.9 Å². The Bertz CT molecular complexity index is 654. The number of carboxylic acids is 1. The van der Waals surface area contributed by atoms with Crippen molar-refractivity contribution in [3.05, 3.63) is 59.4 Å². The van der Waals surface area contributed by atoms with Crippen LogP contribution in [-0.4, -0.2) is 22.0 Å². The molecule has 0 fully saturated rings. The Morgan fingerprint density at radius 3 is 2.71 bits per heavy atom. The first-order chi connectivity index (χ1) is 10.1. The third-order valence-corrected chi connectivity index (χ3v) is 3.13. The highest BCUT2D eigenvalue weighted by Crippen LogP contribution is 2.21. The molecule has 0 aliphatic carbocycles. The summed E-state index contributed by atoms with van der Waals surface area (Å²) in [6.07, 6.45) is 4.23. The Morgan fingerprint density at radius 2 is 2.05 bits per heavy atom. The molecule has 108 valence electrons. The quantitative estimate of drug-likeness (QED) is 0.884. The number of carbonyl (C=O) groups is 2. The van der Waals surface area contributed by atoms with Crippen LogP contribution in [0.15, 0.2) is 42.7 Å². The number of nitrogens with zero attached hydrogens (tertiary/aromatic N) is 1. The first-order valence-electron chi connectivity index (χ1n) is 6.59. The summed E-state index contributed by atoms with van der Waals surface area (Å²) in [5, 5.41) is 11.8. The Balaban J connectivity index is 2.05. The first-order valence-corrected chi connectivity index (χ1v) is 6.59. The lowest BCUT2D eigenvalue weighted by Crippen LogP contribution is -2.16. The molecule has 2 N–H and O–H groups in total. The molecular formula is C16H16N2O3. The number of pyridine rings is 1. The zero-order valence-electron chi connectivity index (χ0n) is 11.7. The molecule has 0 unspecified atom stereocenters. The zero-order valence-corrected chi connectivity index (χ0v) is 11.7. The van der Waals surface area contributed by atoms with E-state index >= 15 is 0 Å². The van der Waals surface area contributed by atoms with Gasteiger partial charge in [0.1, 0.15) is 0 Å². The zero-order chi connectivity index (χ0) is 15.2. The largest absolute Gasteiger partial charge is 0.478 e. The minimum atomic E-state index is -1.05. The van der Waals surface area contributed by atoms with Crippen molar-refractivity contribution in [1.29, 1.82) is 0 Å². The number of aromatic carboxylic acids is 1. The van der Waals surface area contributed by atoms with Gasteiger partial charge in [0.05, 0.1) is 11.3 Å². The second kappa shape index (κ2) is 6.65. The Hall–Kier alpha value is -2.69. The molecule has 0 aliphatic heterocycles. The highest BCUT2D eigenvalue weighted by atomic mass is 16.4. The lowest BCUT2D eigenvalue weighted by molar-refractivity contribution is -0.116. The summed E-state index contributed by atoms with van der Waals surface area (Å²) in [5.74, 6) is -1.27. The standard InChI is InChI=1S/C16H16N2O3/c1-11-4-2-6-13(16(20)21)15(11)18-14(19)8-7-12-5-3-9-17-10-12/h2-6,9-10H,7-8H2,1H3,(H,18,19)(H,20,21). The van der Waals surface area contributed by atoms with E-state index < -0.39 is 5.97 Å². The monoisotopic (exact) mass is 284 g/mol. The molecule has 2 rings (SSSR count). The van der Waals surface area contributed by atoms with E-state index in [9.17, 15) is 9.59 Å². The lowest BCUT2D eigenvalue weighted by atomic mass is 10.1. The van der Waals surface area contributed by atoms with Crippen molar-refractivity contribution in [2.75, 3.05) is 5.32 Å². The number of nitrogens with one attached hydrogen (secondary N) is 1. The van der Waals surface area contributed by atoms with Crippen LogP contribution in [0.25, 0.3) is 0 Å². The van der Waals surface area contributed by atoms with Crippen LogP contribution in [0.4, 0.5) is 5.69 Å². The van der Waals surface area contributed by atoms with Crippen molar-refractivity contribution in [2.45, 2.75) is 19.8 Å². The molecule has 0 saturated heterocycles. The third-order valence-electron chi connectivity index (χ3n) is 3.13. The van der Waals surface area contributed by atoms with Crippen LogP contribution in [0, 0.1) is 6.92 Å². The number of amides is 1. The summed E-state index contributed by atoms with van der Waals surface area (Å²) in [5.41, 5.74) is 2.16. The fourth-order valence-corrected chi connectivity index (χ4v) is 2.02. The van der Waals surface area contributed by atoms with Gasteiger partial charge in [-0.05, 0) is 36.6 Å². The van der Waals surface area contributed by atoms with Crippen LogP contribution in [0.1, 0.15) is 27.9 Å². The van der Waals surface area contributed by atoms with Crippen LogP contribution in [0.5, 0.6) is 0 Å². The number of aromatic nitrogens is 1. The van der Waals surface area contributed by atoms with Crippen LogP contribution in [-0.2, 0) is 11.2 Å². The number of hydrogen-bond acceptors (Lipinski definition) is 3. The molecule has 1 aromatic heterocycles. The third kappa shape index (κ3) is 3.89. The normalized spacial score (nSPS) is 10.1. The van der Waals surface area contributed by atoms with E-state index in [4.69, 9.17) is 5.11 Å². The SMILES string of the molecule is Cc1cccc(C(=O)O)c1NC(=O)CCc1cccnc1. The van der Waals surface area contributed by atoms with Gasteiger partial charge in [-0.15, -0.1) is 0 Å². The van der Waals surface area contributed by atoms with Gasteiger partial charge in [0.15, 0.2) is 0 Å². The van der Waals surface area contributed by atoms with Gasteiger partial charge in [-0.3, -0.25) is 9.78 Å². The second-order valence-corrected chi connectivity index (χ2v) is 4.71. The number of anilines is 1. The minimum Gasteiger partial charge on any atom is -0.478 e. The number of hydrogen-bond donors (Lipinski definition) is 2. The van der Waals surface area contributed by atoms with Crippen molar-refractivity contribution >= 4 is 17.6 Å². The van der Waals surface area contributed by atoms with Crippen LogP contribution in [0.2, 0.25) is 0 Å². The van der Waals surface area contributed by atoms with Gasteiger partial charge in [-0.25, -0.2) is 4.79 Å². The predicted octanol–water partition coefficient (Wildman–Crippen LogP) is 2.66. The van der Waals surface area contributed by atoms with E-state index in [1.54, 1.807) is 31.5 Å². The fourth-order valence-electron chi connectivity index (χ4n) is 2.02. The molecule has 0 atom stereocenters. The first kappa shape index (κ1) is 14.7. The fraction of sp³-hybridized carbons (Fsp3) is 0.188. The van der Waals surface area contributed by atoms with Gasteiger partial charge in [0, 0.05) is 18.8 Å². The summed E-state index contributed by atoms with van der Waals surface area (Å²) >= 11 is 0. The average molecular weight is 284 g/mol. The molecule has 0 saturated carbocycles. The Morgan fingerprint density at radius 1 is 1.24 bits per heavy atom. The molecule has 5 nitrogen and oxygen atoms in total. The molecule has 5 heteroatoms. The maximum Gasteiger partial charge on any atom is 0.337 e. The van der Waals surface area contributed by atoms with E-state index in [1.165, 1.54) is 6.07 Å². The molecular weight excluding hydrogens is 268 g/mol. The van der Waals surface area contributed by atoms with E-state index in [2.05, 4.69) is 10.3 Å². The molecule has 0 aliphatic rings. The summed E-state index contributed by atoms with van der Waals surface area (Å²) in [6.45, 7) is 1.77. The maximum absolute atomic E-state index is 12.0. The highest BCUT2D eigenvalue weighted by Gasteiger charge is 2.14. The second-order valence-electron chi connectivity index (χ2n) is 4.71. The Labute approximate surface area is 122 Å². The molecule has 0 spiro atoms. The van der Waals surface area contributed by atoms with Gasteiger partial charge in [-0.2, -0.15) is 0 Å². The van der Waals surface area contributed by atoms with Gasteiger partial charge in [0.25, 0.3) is 0 Å². The van der Waals surface area contributed by atoms with Crippen molar-refractivity contribution in [1.82, 2.24) is 4.98 Å². The molecule has 2 aromatic rings. The smallest absolute Gasteiger partial charge is 0.337 e. The molecule has 0 bridgehead atoms. The predicted molar refractivity (Wildman–Crippen MR) is 79.3 cm³/mol. The maximum atomic E-state index is 12.0. The van der Waals surface area contributed by atoms with Crippen molar-refractivity contribution < 1.29 is 14.7 Å². The van der Waals surface area contributed by atoms with Gasteiger partial charge >= 0.3 is 5.97 Å². The summed E-state index contributed by atoms with van der Waals surface area (Å²) in [6, 6.07) is 8.62. The number of benzene rings is 1. The van der Waals surface area contributed by atoms with Crippen LogP contribution >= 0.6 is 0 Å². The van der Waals surface area contributed by atoms with Crippen molar-refractivity contribution in [3.63, 3.8) is 0 Å². The number of carbonyl (C=O) groups excluding carboxylic acids is 1. The van der Waals surface area contributed by atoms with Crippen LogP contribution < -0.4 is 5.32 Å². The molecule has 1 heterocycles. The molecule has 1 aromatic carbocycles. The van der Waals surface area contributed by atoms with Crippen molar-refractivity contribution in [2.24, 2.45) is 0 Å². The summed E-state index contributed by atoms with van der Waals surface area (Å²) < 4.78 is 0. The van der Waals surface area contributed by atoms with Crippen LogP contribution in [0.3, 0.4) is 0 Å². The molecule has 1 amide bonds. The highest BCUT2D eigenvalue weighted by molar-refractivity contribution is 6.01. The van der Waals surface area contributed by atoms with E-state index in [0.29, 0.717) is 12.1 Å². The number of para-hydroxylation sites is 1. The summed E-state index contributed by atoms with van der Waals surface area (Å²) in [4.78, 5) is 27.2. The van der Waals surface area contributed by atoms with Crippen molar-refractivity contribution in [3.8, 4) is 0 Å². The lowest BCUT2D eigenvalue weighted by Gasteiger charge is -2.11. The average Bonchev–Trinajstić information content (AvgIpc) is 2.48. The summed E-state index contributed by atoms with van der Waals surface area (Å²) in [7, 11) is 0. The van der Waals surface area contributed by atoms with Gasteiger partial charge < -0.3 is 10.4 Å². The molecule has 0 radical (unpaired) electrons. The number of rotatable bonds is 5. The van der Waals surface area contributed by atoms with Gasteiger partial charge in [-0.1, -0.05) is 18.2 Å². The van der Waals surface area contributed by atoms with Gasteiger partial charge in [0.2, 0.25) is 5.91 Å².